The summed E-state index contributed by atoms with van der Waals surface area (Å²) in [7, 11) is 0. The van der Waals surface area contributed by atoms with Gasteiger partial charge in [-0.1, -0.05) is 72.8 Å². The number of hydrogen-bond donors (Lipinski definition) is 1. The number of benzene rings is 4. The maximum absolute atomic E-state index is 3.81. The molecular formula is C38H44N4. The molecule has 1 atom stereocenters. The third kappa shape index (κ3) is 6.71. The maximum atomic E-state index is 3.81. The smallest absolute Gasteiger partial charge is 0.0958 e. The van der Waals surface area contributed by atoms with Crippen LogP contribution in [0.5, 0.6) is 0 Å². The minimum absolute atomic E-state index is 0.0670. The molecule has 1 aliphatic heterocycles. The first-order chi connectivity index (χ1) is 20.6. The highest BCUT2D eigenvalue weighted by Gasteiger charge is 2.28. The number of anilines is 3. The molecule has 0 aromatic heterocycles. The molecule has 42 heavy (non-hydrogen) atoms. The molecule has 0 saturated carbocycles. The Morgan fingerprint density at radius 1 is 0.667 bits per heavy atom. The highest BCUT2D eigenvalue weighted by atomic mass is 15.5. The van der Waals surface area contributed by atoms with Crippen LogP contribution in [0.2, 0.25) is 0 Å². The molecule has 0 radical (unpaired) electrons. The summed E-state index contributed by atoms with van der Waals surface area (Å²) in [6, 6.07) is 39.5. The van der Waals surface area contributed by atoms with Crippen LogP contribution in [0.4, 0.5) is 17.1 Å². The van der Waals surface area contributed by atoms with Crippen molar-refractivity contribution in [2.75, 3.05) is 41.0 Å². The summed E-state index contributed by atoms with van der Waals surface area (Å²) >= 11 is 0. The second-order valence-electron chi connectivity index (χ2n) is 10.7. The van der Waals surface area contributed by atoms with Gasteiger partial charge in [-0.05, 0) is 105 Å². The van der Waals surface area contributed by atoms with Gasteiger partial charge >= 0.3 is 0 Å². The molecule has 1 aliphatic rings. The lowest BCUT2D eigenvalue weighted by atomic mass is 9.98. The molecule has 216 valence electrons. The molecule has 1 N–H and O–H groups in total. The van der Waals surface area contributed by atoms with Crippen LogP contribution < -0.4 is 20.2 Å². The van der Waals surface area contributed by atoms with Crippen molar-refractivity contribution >= 4 is 23.1 Å². The highest BCUT2D eigenvalue weighted by Crippen LogP contribution is 2.36. The summed E-state index contributed by atoms with van der Waals surface area (Å²) in [5.74, 6) is 0. The molecule has 0 amide bonds. The third-order valence-electron chi connectivity index (χ3n) is 8.19. The van der Waals surface area contributed by atoms with E-state index in [-0.39, 0.29) is 6.04 Å². The molecule has 4 heteroatoms. The second-order valence-corrected chi connectivity index (χ2v) is 10.7. The predicted molar refractivity (Wildman–Crippen MR) is 181 cm³/mol. The first-order valence-electron chi connectivity index (χ1n) is 15.4. The Balaban J connectivity index is 1.53. The lowest BCUT2D eigenvalue weighted by Crippen LogP contribution is -2.34. The van der Waals surface area contributed by atoms with Crippen molar-refractivity contribution in [1.29, 1.82) is 0 Å². The van der Waals surface area contributed by atoms with Crippen LogP contribution in [0.15, 0.2) is 127 Å². The zero-order chi connectivity index (χ0) is 29.3. The van der Waals surface area contributed by atoms with E-state index in [4.69, 9.17) is 0 Å². The molecular weight excluding hydrogens is 512 g/mol. The van der Waals surface area contributed by atoms with E-state index < -0.39 is 0 Å². The number of rotatable bonds is 12. The monoisotopic (exact) mass is 556 g/mol. The van der Waals surface area contributed by atoms with E-state index in [0.717, 1.165) is 44.0 Å². The summed E-state index contributed by atoms with van der Waals surface area (Å²) in [5.41, 5.74) is 13.7. The van der Waals surface area contributed by atoms with Crippen LogP contribution in [-0.4, -0.2) is 26.2 Å². The average Bonchev–Trinajstić information content (AvgIpc) is 3.50. The normalized spacial score (nSPS) is 14.9. The first kappa shape index (κ1) is 29.1. The van der Waals surface area contributed by atoms with E-state index in [0.29, 0.717) is 0 Å². The number of para-hydroxylation sites is 1. The summed E-state index contributed by atoms with van der Waals surface area (Å²) in [6.45, 7) is 12.9. The molecule has 0 saturated heterocycles. The Hall–Kier alpha value is -4.44. The van der Waals surface area contributed by atoms with Crippen molar-refractivity contribution in [3.05, 3.63) is 143 Å². The van der Waals surface area contributed by atoms with Crippen LogP contribution in [0.25, 0.3) is 6.08 Å². The van der Waals surface area contributed by atoms with Crippen molar-refractivity contribution in [3.63, 3.8) is 0 Å². The molecule has 4 nitrogen and oxygen atoms in total. The van der Waals surface area contributed by atoms with Gasteiger partial charge in [-0.2, -0.15) is 0 Å². The topological polar surface area (TPSA) is 21.8 Å². The number of nitrogens with zero attached hydrogens (tertiary/aromatic N) is 3. The molecule has 1 unspecified atom stereocenters. The maximum Gasteiger partial charge on any atom is 0.0958 e. The molecule has 0 aliphatic carbocycles. The lowest BCUT2D eigenvalue weighted by molar-refractivity contribution is 0.705. The molecule has 0 bridgehead atoms. The predicted octanol–water partition coefficient (Wildman–Crippen LogP) is 8.66. The Kier molecular flexibility index (Phi) is 9.66. The van der Waals surface area contributed by atoms with Gasteiger partial charge < -0.3 is 9.80 Å². The van der Waals surface area contributed by atoms with E-state index in [1.807, 2.05) is 0 Å². The lowest BCUT2D eigenvalue weighted by Gasteiger charge is -2.28. The molecule has 5 rings (SSSR count). The first-order valence-corrected chi connectivity index (χ1v) is 15.4. The summed E-state index contributed by atoms with van der Waals surface area (Å²) in [4.78, 5) is 4.77. The van der Waals surface area contributed by atoms with Crippen LogP contribution in [0, 0.1) is 0 Å². The Morgan fingerprint density at radius 3 is 1.74 bits per heavy atom. The van der Waals surface area contributed by atoms with Crippen molar-refractivity contribution in [3.8, 4) is 0 Å². The summed E-state index contributed by atoms with van der Waals surface area (Å²) in [6.07, 6.45) is 5.57. The quantitative estimate of drug-likeness (QED) is 0.188. The Bertz CT molecular complexity index is 1450. The molecule has 4 aromatic carbocycles. The van der Waals surface area contributed by atoms with Crippen molar-refractivity contribution in [2.45, 2.75) is 40.2 Å². The fourth-order valence-corrected chi connectivity index (χ4v) is 5.79. The van der Waals surface area contributed by atoms with Crippen LogP contribution >= 0.6 is 0 Å². The standard InChI is InChI=1S/C38H44N4/c1-5-40(6-2)34-23-19-31(20-24-34)28-33(27-30-15-11-9-12-16-30)37-29-38(42(39-37)36-17-13-10-14-18-36)32-21-25-35(26-22-32)41(7-3)8-4/h9-26,28-29,38-39H,5-8,27H2,1-4H3. The molecule has 1 heterocycles. The number of hydrogen-bond acceptors (Lipinski definition) is 4. The van der Waals surface area contributed by atoms with E-state index in [2.05, 4.69) is 169 Å². The summed E-state index contributed by atoms with van der Waals surface area (Å²) < 4.78 is 0. The zero-order valence-corrected chi connectivity index (χ0v) is 25.5. The van der Waals surface area contributed by atoms with Crippen molar-refractivity contribution in [2.24, 2.45) is 0 Å². The Morgan fingerprint density at radius 2 is 1.19 bits per heavy atom. The van der Waals surface area contributed by atoms with Gasteiger partial charge in [-0.3, -0.25) is 10.4 Å². The van der Waals surface area contributed by atoms with Gasteiger partial charge in [-0.15, -0.1) is 0 Å². The van der Waals surface area contributed by atoms with E-state index in [1.165, 1.54) is 33.6 Å². The second kappa shape index (κ2) is 14.0. The fraction of sp³-hybridized carbons (Fsp3) is 0.263. The van der Waals surface area contributed by atoms with Gasteiger partial charge in [0.1, 0.15) is 0 Å². The Labute approximate surface area is 252 Å². The fourth-order valence-electron chi connectivity index (χ4n) is 5.79. The highest BCUT2D eigenvalue weighted by molar-refractivity contribution is 5.65. The molecule has 0 spiro atoms. The van der Waals surface area contributed by atoms with Gasteiger partial charge in [0, 0.05) is 37.6 Å². The van der Waals surface area contributed by atoms with Crippen molar-refractivity contribution in [1.82, 2.24) is 5.43 Å². The van der Waals surface area contributed by atoms with Gasteiger partial charge in [0.15, 0.2) is 0 Å². The SMILES string of the molecule is CCN(CC)c1ccc(C=C(Cc2ccccc2)C2=CC(c3ccc(N(CC)CC)cc3)N(c3ccccc3)N2)cc1. The van der Waals surface area contributed by atoms with Crippen LogP contribution in [0.1, 0.15) is 50.4 Å². The van der Waals surface area contributed by atoms with E-state index >= 15 is 0 Å². The zero-order valence-electron chi connectivity index (χ0n) is 25.5. The largest absolute Gasteiger partial charge is 0.372 e. The van der Waals surface area contributed by atoms with Gasteiger partial charge in [0.2, 0.25) is 0 Å². The molecule has 4 aromatic rings. The van der Waals surface area contributed by atoms with Crippen LogP contribution in [-0.2, 0) is 6.42 Å². The number of allylic oxidation sites excluding steroid dienone is 1. The van der Waals surface area contributed by atoms with E-state index in [9.17, 15) is 0 Å². The summed E-state index contributed by atoms with van der Waals surface area (Å²) in [5, 5.41) is 2.30. The van der Waals surface area contributed by atoms with Crippen LogP contribution in [0.3, 0.4) is 0 Å². The van der Waals surface area contributed by atoms with Crippen molar-refractivity contribution < 1.29 is 0 Å². The average molecular weight is 557 g/mol. The minimum atomic E-state index is 0.0670. The van der Waals surface area contributed by atoms with E-state index in [1.54, 1.807) is 0 Å². The minimum Gasteiger partial charge on any atom is -0.372 e. The third-order valence-corrected chi connectivity index (χ3v) is 8.19. The molecule has 0 fully saturated rings. The number of nitrogens with one attached hydrogen (secondary N) is 1. The van der Waals surface area contributed by atoms with Gasteiger partial charge in [-0.25, -0.2) is 0 Å². The van der Waals surface area contributed by atoms with Gasteiger partial charge in [0.25, 0.3) is 0 Å². The number of hydrazine groups is 1. The van der Waals surface area contributed by atoms with Gasteiger partial charge in [0.05, 0.1) is 17.4 Å².